The van der Waals surface area contributed by atoms with E-state index in [-0.39, 0.29) is 11.7 Å². The Morgan fingerprint density at radius 3 is 2.67 bits per heavy atom. The molecule has 3 rings (SSSR count). The predicted molar refractivity (Wildman–Crippen MR) is 96.3 cm³/mol. The predicted octanol–water partition coefficient (Wildman–Crippen LogP) is 0.0686. The van der Waals surface area contributed by atoms with Crippen LogP contribution in [0.2, 0.25) is 0 Å². The Balaban J connectivity index is 1.87. The summed E-state index contributed by atoms with van der Waals surface area (Å²) in [6, 6.07) is 4.66. The Kier molecular flexibility index (Phi) is 5.26. The zero-order valence-electron chi connectivity index (χ0n) is 15.2. The molecule has 1 unspecified atom stereocenters. The molecule has 2 aliphatic heterocycles. The van der Waals surface area contributed by atoms with E-state index < -0.39 is 12.1 Å². The molecule has 2 heterocycles. The molecule has 1 aromatic carbocycles. The van der Waals surface area contributed by atoms with Crippen molar-refractivity contribution < 1.29 is 23.3 Å². The Labute approximate surface area is 155 Å². The van der Waals surface area contributed by atoms with E-state index in [0.29, 0.717) is 30.5 Å². The minimum atomic E-state index is -0.726. The van der Waals surface area contributed by atoms with Crippen LogP contribution in [0.15, 0.2) is 34.4 Å². The first-order chi connectivity index (χ1) is 12.9. The molecule has 10 heteroatoms. The lowest BCUT2D eigenvalue weighted by Crippen LogP contribution is -2.61. The Bertz CT molecular complexity index is 849. The van der Waals surface area contributed by atoms with E-state index in [9.17, 15) is 14.0 Å². The maximum absolute atomic E-state index is 13.0. The van der Waals surface area contributed by atoms with Gasteiger partial charge in [0.25, 0.3) is 5.91 Å². The molecular formula is C17H20FN6O3+. The minimum absolute atomic E-state index is 0.328. The van der Waals surface area contributed by atoms with Gasteiger partial charge >= 0.3 is 12.0 Å². The van der Waals surface area contributed by atoms with Crippen LogP contribution in [0.1, 0.15) is 5.56 Å². The summed E-state index contributed by atoms with van der Waals surface area (Å²) in [6.45, 7) is 0.741. The molecule has 0 radical (unpaired) electrons. The number of guanidine groups is 1. The average molecular weight is 375 g/mol. The molecule has 1 fully saturated rings. The van der Waals surface area contributed by atoms with Gasteiger partial charge in [-0.15, -0.1) is 5.10 Å². The van der Waals surface area contributed by atoms with Gasteiger partial charge in [0.2, 0.25) is 11.9 Å². The minimum Gasteiger partial charge on any atom is -0.381 e. The van der Waals surface area contributed by atoms with E-state index in [4.69, 9.17) is 4.74 Å². The second-order valence-electron chi connectivity index (χ2n) is 6.04. The number of amidine groups is 1. The molecule has 0 aliphatic carbocycles. The third-order valence-electron chi connectivity index (χ3n) is 4.32. The summed E-state index contributed by atoms with van der Waals surface area (Å²) in [7, 11) is 4.56. The molecular weight excluding hydrogens is 355 g/mol. The van der Waals surface area contributed by atoms with E-state index in [1.54, 1.807) is 30.9 Å². The first-order valence-electron chi connectivity index (χ1n) is 8.25. The number of hydrogen-bond donors (Lipinski definition) is 1. The van der Waals surface area contributed by atoms with Crippen LogP contribution in [0.25, 0.3) is 0 Å². The molecule has 1 N–H and O–H groups in total. The summed E-state index contributed by atoms with van der Waals surface area (Å²) in [5.41, 5.74) is 3.49. The number of carbonyl (C=O) groups is 2. The van der Waals surface area contributed by atoms with Crippen LogP contribution >= 0.6 is 0 Å². The average Bonchev–Trinajstić information content (AvgIpc) is 3.03. The van der Waals surface area contributed by atoms with Crippen LogP contribution < -0.4 is 5.43 Å². The lowest BCUT2D eigenvalue weighted by Gasteiger charge is -2.31. The quantitative estimate of drug-likeness (QED) is 0.448. The van der Waals surface area contributed by atoms with Crippen LogP contribution in [0.5, 0.6) is 0 Å². The Hall–Kier alpha value is -3.14. The number of likely N-dealkylation sites (N-methyl/N-ethyl adjacent to an activating group) is 2. The van der Waals surface area contributed by atoms with Crippen LogP contribution in [-0.4, -0.2) is 84.7 Å². The molecule has 142 valence electrons. The molecule has 1 saturated heterocycles. The number of hydrogen-bond acceptors (Lipinski definition) is 6. The summed E-state index contributed by atoms with van der Waals surface area (Å²) in [4.78, 5) is 31.5. The topological polar surface area (TPSA) is 89.6 Å². The first-order valence-corrected chi connectivity index (χ1v) is 8.25. The number of methoxy groups -OCH3 is 1. The van der Waals surface area contributed by atoms with Gasteiger partial charge in [0.15, 0.2) is 0 Å². The summed E-state index contributed by atoms with van der Waals surface area (Å²) >= 11 is 0. The number of benzene rings is 1. The number of fused-ring (bicyclic) bond motifs is 1. The Morgan fingerprint density at radius 1 is 1.30 bits per heavy atom. The molecule has 2 aliphatic rings. The summed E-state index contributed by atoms with van der Waals surface area (Å²) in [5.74, 6) is -0.0403. The molecule has 1 atom stereocenters. The maximum atomic E-state index is 13.0. The number of nitrogens with zero attached hydrogens (tertiary/aromatic N) is 5. The first kappa shape index (κ1) is 18.6. The van der Waals surface area contributed by atoms with Gasteiger partial charge in [-0.25, -0.2) is 13.8 Å². The highest BCUT2D eigenvalue weighted by atomic mass is 19.1. The van der Waals surface area contributed by atoms with Crippen molar-refractivity contribution in [1.82, 2.24) is 15.2 Å². The number of ether oxygens (including phenoxy) is 1. The molecule has 0 spiro atoms. The third kappa shape index (κ3) is 3.56. The van der Waals surface area contributed by atoms with Gasteiger partial charge in [-0.1, -0.05) is 17.1 Å². The van der Waals surface area contributed by atoms with Crippen molar-refractivity contribution in [3.8, 4) is 0 Å². The highest BCUT2D eigenvalue weighted by Gasteiger charge is 2.51. The van der Waals surface area contributed by atoms with Gasteiger partial charge < -0.3 is 4.74 Å². The van der Waals surface area contributed by atoms with Crippen molar-refractivity contribution >= 4 is 29.9 Å². The number of carbonyl (C=O) groups excluding carboxylic acids is 2. The summed E-state index contributed by atoms with van der Waals surface area (Å²) in [5, 5.41) is 4.11. The molecule has 0 saturated carbocycles. The largest absolute Gasteiger partial charge is 0.414 e. The summed E-state index contributed by atoms with van der Waals surface area (Å²) in [6.07, 6.45) is 1.51. The number of aliphatic imine (C=N–C) groups is 1. The maximum Gasteiger partial charge on any atom is 0.414 e. The molecule has 27 heavy (non-hydrogen) atoms. The zero-order chi connectivity index (χ0) is 19.6. The zero-order valence-corrected chi connectivity index (χ0v) is 15.2. The second kappa shape index (κ2) is 7.62. The second-order valence-corrected chi connectivity index (χ2v) is 6.04. The number of hydrazone groups is 1. The van der Waals surface area contributed by atoms with E-state index in [0.717, 1.165) is 4.90 Å². The highest BCUT2D eigenvalue weighted by molar-refractivity contribution is 6.22. The van der Waals surface area contributed by atoms with Crippen molar-refractivity contribution in [3.63, 3.8) is 0 Å². The van der Waals surface area contributed by atoms with Gasteiger partial charge in [-0.3, -0.25) is 14.6 Å². The highest BCUT2D eigenvalue weighted by Crippen LogP contribution is 2.18. The van der Waals surface area contributed by atoms with Crippen molar-refractivity contribution in [2.24, 2.45) is 10.1 Å². The number of amides is 3. The third-order valence-corrected chi connectivity index (χ3v) is 4.32. The van der Waals surface area contributed by atoms with Crippen LogP contribution in [0.3, 0.4) is 0 Å². The van der Waals surface area contributed by atoms with Crippen molar-refractivity contribution in [1.29, 1.82) is 0 Å². The van der Waals surface area contributed by atoms with Gasteiger partial charge in [0, 0.05) is 21.2 Å². The van der Waals surface area contributed by atoms with Crippen molar-refractivity contribution in [2.45, 2.75) is 6.04 Å². The molecule has 9 nitrogen and oxygen atoms in total. The van der Waals surface area contributed by atoms with Gasteiger partial charge in [-0.05, 0) is 17.7 Å². The standard InChI is InChI=1S/C17H19FN6O3/c1-22-14-13(15(25)23(2)17(22)26)24(8-9-27-3)16(20-14)21-19-10-11-4-6-12(18)7-5-11/h4-7,10,13H,8-9H2,1-3H3/p+1/b19-10+. The number of imide groups is 1. The van der Waals surface area contributed by atoms with E-state index in [1.165, 1.54) is 30.3 Å². The fraction of sp³-hybridized carbons (Fsp3) is 0.353. The van der Waals surface area contributed by atoms with E-state index in [2.05, 4.69) is 15.5 Å². The molecule has 3 amide bonds. The lowest BCUT2D eigenvalue weighted by molar-refractivity contribution is -0.539. The lowest BCUT2D eigenvalue weighted by atomic mass is 10.1. The molecule has 0 bridgehead atoms. The Morgan fingerprint density at radius 2 is 2.00 bits per heavy atom. The normalized spacial score (nSPS) is 19.9. The fourth-order valence-electron chi connectivity index (χ4n) is 2.83. The van der Waals surface area contributed by atoms with E-state index >= 15 is 0 Å². The number of nitrogens with one attached hydrogen (secondary N) is 1. The van der Waals surface area contributed by atoms with Crippen molar-refractivity contribution in [2.75, 3.05) is 34.4 Å². The van der Waals surface area contributed by atoms with E-state index in [1.807, 2.05) is 0 Å². The SMILES string of the molecule is COCC[N+]1=C(N/N=C/c2ccc(F)cc2)N=C2C1C(=O)N(C)C(=O)N2C. The molecule has 1 aromatic rings. The number of halogens is 1. The van der Waals surface area contributed by atoms with Crippen molar-refractivity contribution in [3.05, 3.63) is 35.6 Å². The van der Waals surface area contributed by atoms with Crippen LogP contribution in [-0.2, 0) is 9.53 Å². The van der Waals surface area contributed by atoms with Gasteiger partial charge in [0.05, 0.1) is 19.4 Å². The smallest absolute Gasteiger partial charge is 0.381 e. The number of urea groups is 1. The fourth-order valence-corrected chi connectivity index (χ4v) is 2.83. The summed E-state index contributed by atoms with van der Waals surface area (Å²) < 4.78 is 19.8. The monoisotopic (exact) mass is 375 g/mol. The van der Waals surface area contributed by atoms with Gasteiger partial charge in [-0.2, -0.15) is 5.43 Å². The van der Waals surface area contributed by atoms with Gasteiger partial charge in [0.1, 0.15) is 5.82 Å². The van der Waals surface area contributed by atoms with Crippen LogP contribution in [0, 0.1) is 5.82 Å². The van der Waals surface area contributed by atoms with Crippen LogP contribution in [0.4, 0.5) is 9.18 Å². The molecule has 0 aromatic heterocycles. The number of rotatable bonds is 5.